The van der Waals surface area contributed by atoms with E-state index in [4.69, 9.17) is 12.2 Å². The van der Waals surface area contributed by atoms with Gasteiger partial charge in [-0.3, -0.25) is 15.0 Å². The summed E-state index contributed by atoms with van der Waals surface area (Å²) in [5.74, 6) is 0.0455. The van der Waals surface area contributed by atoms with E-state index in [1.54, 1.807) is 0 Å². The summed E-state index contributed by atoms with van der Waals surface area (Å²) in [6, 6.07) is 0. The van der Waals surface area contributed by atoms with Crippen molar-refractivity contribution in [2.45, 2.75) is 32.6 Å². The van der Waals surface area contributed by atoms with Crippen molar-refractivity contribution in [3.05, 3.63) is 0 Å². The van der Waals surface area contributed by atoms with E-state index in [1.807, 2.05) is 0 Å². The van der Waals surface area contributed by atoms with Crippen LogP contribution in [0.15, 0.2) is 0 Å². The van der Waals surface area contributed by atoms with Gasteiger partial charge in [-0.25, -0.2) is 5.01 Å². The molecule has 1 fully saturated rings. The molecule has 1 N–H and O–H groups in total. The van der Waals surface area contributed by atoms with Crippen molar-refractivity contribution in [3.8, 4) is 0 Å². The van der Waals surface area contributed by atoms with Crippen LogP contribution in [0.25, 0.3) is 0 Å². The van der Waals surface area contributed by atoms with Gasteiger partial charge in [0, 0.05) is 6.42 Å². The molecular formula is C9H14N2O2S2. The van der Waals surface area contributed by atoms with Crippen molar-refractivity contribution in [2.24, 2.45) is 0 Å². The van der Waals surface area contributed by atoms with Crippen LogP contribution in [0.4, 0.5) is 0 Å². The van der Waals surface area contributed by atoms with Gasteiger partial charge >= 0.3 is 0 Å². The van der Waals surface area contributed by atoms with Crippen molar-refractivity contribution < 1.29 is 9.59 Å². The summed E-state index contributed by atoms with van der Waals surface area (Å²) >= 11 is 6.20. The van der Waals surface area contributed by atoms with E-state index in [-0.39, 0.29) is 11.8 Å². The normalized spacial score (nSPS) is 15.9. The fourth-order valence-corrected chi connectivity index (χ4v) is 2.16. The van der Waals surface area contributed by atoms with Crippen molar-refractivity contribution in [1.29, 1.82) is 0 Å². The summed E-state index contributed by atoms with van der Waals surface area (Å²) in [5.41, 5.74) is 2.52. The molecule has 0 saturated carbocycles. The number of hydrogen-bond donors (Lipinski definition) is 1. The molecule has 0 atom stereocenters. The molecule has 1 aliphatic heterocycles. The summed E-state index contributed by atoms with van der Waals surface area (Å²) in [7, 11) is 0. The van der Waals surface area contributed by atoms with E-state index in [1.165, 1.54) is 16.8 Å². The van der Waals surface area contributed by atoms with Crippen LogP contribution in [0.1, 0.15) is 32.6 Å². The molecule has 0 unspecified atom stereocenters. The predicted octanol–water partition coefficient (Wildman–Crippen LogP) is 1.46. The largest absolute Gasteiger partial charge is 0.273 e. The maximum Gasteiger partial charge on any atom is 0.257 e. The van der Waals surface area contributed by atoms with Crippen molar-refractivity contribution in [3.63, 3.8) is 0 Å². The average Bonchev–Trinajstić information content (AvgIpc) is 2.50. The molecule has 84 valence electrons. The van der Waals surface area contributed by atoms with Gasteiger partial charge in [0.15, 0.2) is 4.32 Å². The standard InChI is InChI=1S/C9H14N2O2S2/c1-2-3-4-5-7(12)10-11-8(13)6-15-9(11)14/h2-6H2,1H3,(H,10,12). The number of thiocarbonyl (C=S) groups is 1. The highest BCUT2D eigenvalue weighted by molar-refractivity contribution is 8.23. The summed E-state index contributed by atoms with van der Waals surface area (Å²) in [6.07, 6.45) is 3.40. The van der Waals surface area contributed by atoms with E-state index in [2.05, 4.69) is 12.3 Å². The number of thioether (sulfide) groups is 1. The molecule has 6 heteroatoms. The van der Waals surface area contributed by atoms with Gasteiger partial charge in [-0.1, -0.05) is 43.7 Å². The third-order valence-electron chi connectivity index (χ3n) is 1.99. The highest BCUT2D eigenvalue weighted by Crippen LogP contribution is 2.17. The number of carbonyl (C=O) groups is 2. The van der Waals surface area contributed by atoms with Crippen LogP contribution in [-0.2, 0) is 9.59 Å². The molecule has 2 amide bonds. The lowest BCUT2D eigenvalue weighted by Gasteiger charge is -2.15. The average molecular weight is 246 g/mol. The van der Waals surface area contributed by atoms with Gasteiger partial charge in [0.1, 0.15) is 0 Å². The Bertz CT molecular complexity index is 265. The minimum Gasteiger partial charge on any atom is -0.273 e. The van der Waals surface area contributed by atoms with E-state index in [0.717, 1.165) is 19.3 Å². The predicted molar refractivity (Wildman–Crippen MR) is 64.2 cm³/mol. The first-order valence-electron chi connectivity index (χ1n) is 4.94. The van der Waals surface area contributed by atoms with Gasteiger partial charge in [0.25, 0.3) is 5.91 Å². The lowest BCUT2D eigenvalue weighted by Crippen LogP contribution is -2.44. The van der Waals surface area contributed by atoms with E-state index >= 15 is 0 Å². The zero-order valence-corrected chi connectivity index (χ0v) is 10.2. The second-order valence-corrected chi connectivity index (χ2v) is 4.88. The Labute approximate surface area is 98.7 Å². The van der Waals surface area contributed by atoms with Gasteiger partial charge in [-0.15, -0.1) is 0 Å². The first-order chi connectivity index (χ1) is 7.15. The number of nitrogens with one attached hydrogen (secondary N) is 1. The van der Waals surface area contributed by atoms with Crippen molar-refractivity contribution in [2.75, 3.05) is 5.75 Å². The number of unbranched alkanes of at least 4 members (excludes halogenated alkanes) is 2. The molecule has 0 bridgehead atoms. The Morgan fingerprint density at radius 1 is 1.60 bits per heavy atom. The number of amides is 2. The molecule has 0 aromatic carbocycles. The zero-order valence-electron chi connectivity index (χ0n) is 8.62. The molecule has 4 nitrogen and oxygen atoms in total. The fourth-order valence-electron chi connectivity index (χ4n) is 1.18. The molecule has 0 radical (unpaired) electrons. The van der Waals surface area contributed by atoms with Crippen LogP contribution >= 0.6 is 24.0 Å². The third-order valence-corrected chi connectivity index (χ3v) is 3.35. The SMILES string of the molecule is CCCCCC(=O)NN1C(=O)CSC1=S. The molecule has 15 heavy (non-hydrogen) atoms. The topological polar surface area (TPSA) is 49.4 Å². The Kier molecular flexibility index (Phi) is 5.04. The molecule has 1 rings (SSSR count). The maximum atomic E-state index is 11.4. The van der Waals surface area contributed by atoms with Crippen LogP contribution in [0.2, 0.25) is 0 Å². The number of hydrogen-bond acceptors (Lipinski definition) is 4. The lowest BCUT2D eigenvalue weighted by molar-refractivity contribution is -0.134. The molecular weight excluding hydrogens is 232 g/mol. The van der Waals surface area contributed by atoms with Crippen LogP contribution < -0.4 is 5.43 Å². The Balaban J connectivity index is 2.31. The monoisotopic (exact) mass is 246 g/mol. The smallest absolute Gasteiger partial charge is 0.257 e. The van der Waals surface area contributed by atoms with Crippen LogP contribution in [0.3, 0.4) is 0 Å². The molecule has 0 aromatic heterocycles. The molecule has 1 heterocycles. The van der Waals surface area contributed by atoms with Crippen LogP contribution in [0.5, 0.6) is 0 Å². The van der Waals surface area contributed by atoms with Gasteiger partial charge in [-0.05, 0) is 6.42 Å². The highest BCUT2D eigenvalue weighted by Gasteiger charge is 2.27. The lowest BCUT2D eigenvalue weighted by atomic mass is 10.2. The van der Waals surface area contributed by atoms with Gasteiger partial charge in [-0.2, -0.15) is 0 Å². The number of nitrogens with zero attached hydrogens (tertiary/aromatic N) is 1. The number of hydrazine groups is 1. The molecule has 0 aliphatic carbocycles. The molecule has 0 spiro atoms. The fraction of sp³-hybridized carbons (Fsp3) is 0.667. The Morgan fingerprint density at radius 3 is 2.87 bits per heavy atom. The molecule has 1 saturated heterocycles. The number of carbonyl (C=O) groups excluding carboxylic acids is 2. The van der Waals surface area contributed by atoms with Gasteiger partial charge < -0.3 is 0 Å². The summed E-state index contributed by atoms with van der Waals surface area (Å²) in [6.45, 7) is 2.08. The minimum absolute atomic E-state index is 0.137. The summed E-state index contributed by atoms with van der Waals surface area (Å²) in [5, 5.41) is 1.17. The Morgan fingerprint density at radius 2 is 2.33 bits per heavy atom. The summed E-state index contributed by atoms with van der Waals surface area (Å²) in [4.78, 5) is 22.6. The minimum atomic E-state index is -0.145. The van der Waals surface area contributed by atoms with E-state index < -0.39 is 0 Å². The number of rotatable bonds is 5. The Hall–Kier alpha value is -0.620. The van der Waals surface area contributed by atoms with Gasteiger partial charge in [0.2, 0.25) is 5.91 Å². The maximum absolute atomic E-state index is 11.4. The first-order valence-corrected chi connectivity index (χ1v) is 6.33. The second kappa shape index (κ2) is 6.07. The summed E-state index contributed by atoms with van der Waals surface area (Å²) < 4.78 is 0.434. The quantitative estimate of drug-likeness (QED) is 0.589. The molecule has 1 aliphatic rings. The zero-order chi connectivity index (χ0) is 11.3. The van der Waals surface area contributed by atoms with E-state index in [9.17, 15) is 9.59 Å². The van der Waals surface area contributed by atoms with Crippen LogP contribution in [0, 0.1) is 0 Å². The van der Waals surface area contributed by atoms with Crippen molar-refractivity contribution in [1.82, 2.24) is 10.4 Å². The van der Waals surface area contributed by atoms with E-state index in [0.29, 0.717) is 16.5 Å². The van der Waals surface area contributed by atoms with Crippen LogP contribution in [-0.4, -0.2) is 26.9 Å². The van der Waals surface area contributed by atoms with Crippen molar-refractivity contribution >= 4 is 40.1 Å². The molecule has 0 aromatic rings. The third kappa shape index (κ3) is 3.79. The second-order valence-electron chi connectivity index (χ2n) is 3.28. The van der Waals surface area contributed by atoms with Gasteiger partial charge in [0.05, 0.1) is 5.75 Å². The first kappa shape index (κ1) is 12.4. The highest BCUT2D eigenvalue weighted by atomic mass is 32.2.